The normalized spacial score (nSPS) is 10.9. The molecule has 0 N–H and O–H groups in total. The quantitative estimate of drug-likeness (QED) is 0.619. The number of ether oxygens (including phenoxy) is 2. The molecule has 0 spiro atoms. The molecule has 1 rings (SSSR count). The third-order valence-electron chi connectivity index (χ3n) is 2.21. The van der Waals surface area contributed by atoms with E-state index in [1.165, 1.54) is 0 Å². The molecule has 104 valence electrons. The maximum Gasteiger partial charge on any atom is 0.311 e. The van der Waals surface area contributed by atoms with E-state index in [1.807, 2.05) is 19.1 Å². The minimum absolute atomic E-state index is 0.0167. The number of rotatable bonds is 4. The molecular weight excluding hydrogens is 244 g/mol. The first kappa shape index (κ1) is 15.2. The fourth-order valence-electron chi connectivity index (χ4n) is 1.39. The Morgan fingerprint density at radius 1 is 1.00 bits per heavy atom. The molecule has 0 aliphatic rings. The smallest absolute Gasteiger partial charge is 0.311 e. The third-order valence-corrected chi connectivity index (χ3v) is 2.21. The van der Waals surface area contributed by atoms with Crippen LogP contribution in [0, 0.1) is 6.92 Å². The van der Waals surface area contributed by atoms with Crippen LogP contribution in [0.1, 0.15) is 39.2 Å². The summed E-state index contributed by atoms with van der Waals surface area (Å²) in [5.74, 6) is -0.345. The van der Waals surface area contributed by atoms with Crippen molar-refractivity contribution >= 4 is 11.9 Å². The van der Waals surface area contributed by atoms with Gasteiger partial charge in [0.05, 0.1) is 12.8 Å². The van der Waals surface area contributed by atoms with Crippen LogP contribution in [0.3, 0.4) is 0 Å². The van der Waals surface area contributed by atoms with Gasteiger partial charge in [0, 0.05) is 0 Å². The standard InChI is InChI=1S/C15H20O4/c1-11-5-7-12(8-6-11)18-13(16)9-10-14(17)19-15(2,3)4/h5-8H,9-10H2,1-4H3. The number of benzene rings is 1. The van der Waals surface area contributed by atoms with Gasteiger partial charge in [0.1, 0.15) is 11.4 Å². The summed E-state index contributed by atoms with van der Waals surface area (Å²) in [6, 6.07) is 7.16. The van der Waals surface area contributed by atoms with Gasteiger partial charge in [-0.2, -0.15) is 0 Å². The molecule has 0 saturated carbocycles. The molecule has 1 aromatic rings. The van der Waals surface area contributed by atoms with Gasteiger partial charge in [-0.05, 0) is 39.8 Å². The molecule has 0 unspecified atom stereocenters. The topological polar surface area (TPSA) is 52.6 Å². The highest BCUT2D eigenvalue weighted by Crippen LogP contribution is 2.13. The number of carbonyl (C=O) groups excluding carboxylic acids is 2. The average molecular weight is 264 g/mol. The van der Waals surface area contributed by atoms with E-state index in [9.17, 15) is 9.59 Å². The minimum Gasteiger partial charge on any atom is -0.460 e. The van der Waals surface area contributed by atoms with E-state index in [1.54, 1.807) is 32.9 Å². The number of hydrogen-bond acceptors (Lipinski definition) is 4. The lowest BCUT2D eigenvalue weighted by atomic mass is 10.2. The van der Waals surface area contributed by atoms with Gasteiger partial charge in [-0.3, -0.25) is 9.59 Å². The van der Waals surface area contributed by atoms with Gasteiger partial charge in [0.15, 0.2) is 0 Å². The van der Waals surface area contributed by atoms with Gasteiger partial charge in [0.2, 0.25) is 0 Å². The van der Waals surface area contributed by atoms with Crippen LogP contribution in [-0.4, -0.2) is 17.5 Å². The second-order valence-electron chi connectivity index (χ2n) is 5.37. The lowest BCUT2D eigenvalue weighted by Crippen LogP contribution is -2.24. The highest BCUT2D eigenvalue weighted by Gasteiger charge is 2.17. The van der Waals surface area contributed by atoms with Crippen molar-refractivity contribution in [2.45, 2.75) is 46.1 Å². The number of hydrogen-bond donors (Lipinski definition) is 0. The summed E-state index contributed by atoms with van der Waals surface area (Å²) < 4.78 is 10.2. The van der Waals surface area contributed by atoms with Crippen LogP contribution >= 0.6 is 0 Å². The van der Waals surface area contributed by atoms with Crippen molar-refractivity contribution in [2.75, 3.05) is 0 Å². The van der Waals surface area contributed by atoms with E-state index < -0.39 is 17.5 Å². The lowest BCUT2D eigenvalue weighted by molar-refractivity contribution is -0.156. The second kappa shape index (κ2) is 6.36. The largest absolute Gasteiger partial charge is 0.460 e. The molecule has 0 heterocycles. The highest BCUT2D eigenvalue weighted by atomic mass is 16.6. The Kier molecular flexibility index (Phi) is 5.10. The van der Waals surface area contributed by atoms with E-state index >= 15 is 0 Å². The zero-order valence-corrected chi connectivity index (χ0v) is 11.9. The first-order valence-corrected chi connectivity index (χ1v) is 6.25. The molecule has 4 nitrogen and oxygen atoms in total. The van der Waals surface area contributed by atoms with Crippen molar-refractivity contribution in [3.63, 3.8) is 0 Å². The van der Waals surface area contributed by atoms with E-state index in [4.69, 9.17) is 9.47 Å². The molecule has 0 fully saturated rings. The summed E-state index contributed by atoms with van der Waals surface area (Å²) >= 11 is 0. The van der Waals surface area contributed by atoms with Crippen molar-refractivity contribution in [1.29, 1.82) is 0 Å². The van der Waals surface area contributed by atoms with E-state index in [-0.39, 0.29) is 12.8 Å². The maximum atomic E-state index is 11.5. The van der Waals surface area contributed by atoms with E-state index in [0.29, 0.717) is 5.75 Å². The average Bonchev–Trinajstić information content (AvgIpc) is 2.27. The third kappa shape index (κ3) is 6.60. The summed E-state index contributed by atoms with van der Waals surface area (Å²) in [6.07, 6.45) is 0.0464. The Hall–Kier alpha value is -1.84. The summed E-state index contributed by atoms with van der Waals surface area (Å²) in [7, 11) is 0. The van der Waals surface area contributed by atoms with Crippen molar-refractivity contribution in [3.8, 4) is 5.75 Å². The van der Waals surface area contributed by atoms with Gasteiger partial charge < -0.3 is 9.47 Å². The van der Waals surface area contributed by atoms with Gasteiger partial charge in [-0.25, -0.2) is 0 Å². The lowest BCUT2D eigenvalue weighted by Gasteiger charge is -2.19. The summed E-state index contributed by atoms with van der Waals surface area (Å²) in [6.45, 7) is 7.31. The number of carbonyl (C=O) groups is 2. The first-order chi connectivity index (χ1) is 8.76. The van der Waals surface area contributed by atoms with Crippen LogP contribution in [0.4, 0.5) is 0 Å². The number of esters is 2. The molecule has 0 aliphatic carbocycles. The Balaban J connectivity index is 2.36. The second-order valence-corrected chi connectivity index (χ2v) is 5.37. The highest BCUT2D eigenvalue weighted by molar-refractivity contribution is 5.79. The van der Waals surface area contributed by atoms with Gasteiger partial charge in [0.25, 0.3) is 0 Å². The zero-order chi connectivity index (χ0) is 14.5. The summed E-state index contributed by atoms with van der Waals surface area (Å²) in [4.78, 5) is 23.0. The molecule has 0 atom stereocenters. The van der Waals surface area contributed by atoms with Crippen molar-refractivity contribution < 1.29 is 19.1 Å². The maximum absolute atomic E-state index is 11.5. The summed E-state index contributed by atoms with van der Waals surface area (Å²) in [5.41, 5.74) is 0.561. The Morgan fingerprint density at radius 2 is 1.53 bits per heavy atom. The molecule has 0 amide bonds. The van der Waals surface area contributed by atoms with Crippen molar-refractivity contribution in [3.05, 3.63) is 29.8 Å². The SMILES string of the molecule is Cc1ccc(OC(=O)CCC(=O)OC(C)(C)C)cc1. The molecule has 0 bridgehead atoms. The molecular formula is C15H20O4. The number of aryl methyl sites for hydroxylation is 1. The van der Waals surface area contributed by atoms with Crippen LogP contribution in [-0.2, 0) is 14.3 Å². The predicted molar refractivity (Wildman–Crippen MR) is 71.9 cm³/mol. The van der Waals surface area contributed by atoms with Crippen molar-refractivity contribution in [1.82, 2.24) is 0 Å². The molecule has 0 radical (unpaired) electrons. The monoisotopic (exact) mass is 264 g/mol. The molecule has 0 aromatic heterocycles. The Morgan fingerprint density at radius 3 is 2.05 bits per heavy atom. The van der Waals surface area contributed by atoms with Crippen LogP contribution in [0.2, 0.25) is 0 Å². The van der Waals surface area contributed by atoms with E-state index in [2.05, 4.69) is 0 Å². The fourth-order valence-corrected chi connectivity index (χ4v) is 1.39. The van der Waals surface area contributed by atoms with Gasteiger partial charge >= 0.3 is 11.9 Å². The molecule has 4 heteroatoms. The fraction of sp³-hybridized carbons (Fsp3) is 0.467. The van der Waals surface area contributed by atoms with Gasteiger partial charge in [-0.15, -0.1) is 0 Å². The van der Waals surface area contributed by atoms with Crippen LogP contribution < -0.4 is 4.74 Å². The van der Waals surface area contributed by atoms with E-state index in [0.717, 1.165) is 5.56 Å². The molecule has 1 aromatic carbocycles. The van der Waals surface area contributed by atoms with Gasteiger partial charge in [-0.1, -0.05) is 17.7 Å². The van der Waals surface area contributed by atoms with Crippen LogP contribution in [0.5, 0.6) is 5.75 Å². The Bertz CT molecular complexity index is 440. The predicted octanol–water partition coefficient (Wildman–Crippen LogP) is 3.02. The zero-order valence-electron chi connectivity index (χ0n) is 11.9. The summed E-state index contributed by atoms with van der Waals surface area (Å²) in [5, 5.41) is 0. The Labute approximate surface area is 113 Å². The molecule has 0 aliphatic heterocycles. The van der Waals surface area contributed by atoms with Crippen LogP contribution in [0.25, 0.3) is 0 Å². The molecule has 0 saturated heterocycles. The molecule has 19 heavy (non-hydrogen) atoms. The van der Waals surface area contributed by atoms with Crippen LogP contribution in [0.15, 0.2) is 24.3 Å². The first-order valence-electron chi connectivity index (χ1n) is 6.25. The van der Waals surface area contributed by atoms with Crippen molar-refractivity contribution in [2.24, 2.45) is 0 Å². The minimum atomic E-state index is -0.530.